The average Bonchev–Trinajstić information content (AvgIpc) is 3.35. The average molecular weight is 509 g/mol. The highest BCUT2D eigenvalue weighted by molar-refractivity contribution is 7.12. The third kappa shape index (κ3) is 3.45. The molecule has 7 rings (SSSR count). The molecule has 1 saturated carbocycles. The second-order valence-electron chi connectivity index (χ2n) is 9.58. The molecule has 2 bridgehead atoms. The number of hydrogen-bond donors (Lipinski definition) is 3. The molecule has 0 spiro atoms. The number of rotatable bonds is 6. The topological polar surface area (TPSA) is 100 Å². The van der Waals surface area contributed by atoms with Gasteiger partial charge in [0.25, 0.3) is 5.56 Å². The van der Waals surface area contributed by atoms with Crippen molar-refractivity contribution >= 4 is 28.5 Å². The van der Waals surface area contributed by atoms with E-state index in [1.807, 2.05) is 0 Å². The highest BCUT2D eigenvalue weighted by Crippen LogP contribution is 2.58. The number of fused-ring (bicyclic) bond motifs is 5. The van der Waals surface area contributed by atoms with Crippen LogP contribution < -0.4 is 16.2 Å². The Morgan fingerprint density at radius 1 is 1.25 bits per heavy atom. The van der Waals surface area contributed by atoms with E-state index in [9.17, 15) is 9.18 Å². The van der Waals surface area contributed by atoms with Gasteiger partial charge in [-0.1, -0.05) is 0 Å². The van der Waals surface area contributed by atoms with Gasteiger partial charge < -0.3 is 19.9 Å². The summed E-state index contributed by atoms with van der Waals surface area (Å²) in [5.41, 5.74) is 1.55. The molecule has 11 heteroatoms. The van der Waals surface area contributed by atoms with E-state index in [1.54, 1.807) is 24.6 Å². The molecule has 3 aromatic heterocycles. The molecule has 4 aromatic rings. The van der Waals surface area contributed by atoms with Crippen molar-refractivity contribution < 1.29 is 13.5 Å². The first kappa shape index (κ1) is 21.7. The van der Waals surface area contributed by atoms with Crippen LogP contribution in [-0.2, 0) is 11.8 Å². The number of aromatic amines is 1. The number of aromatic nitrogens is 4. The van der Waals surface area contributed by atoms with Crippen LogP contribution in [0.25, 0.3) is 11.3 Å². The van der Waals surface area contributed by atoms with E-state index >= 15 is 4.39 Å². The van der Waals surface area contributed by atoms with Gasteiger partial charge in [-0.25, -0.2) is 13.8 Å². The second kappa shape index (κ2) is 7.97. The summed E-state index contributed by atoms with van der Waals surface area (Å²) in [5.74, 6) is -0.188. The van der Waals surface area contributed by atoms with Gasteiger partial charge in [0.05, 0.1) is 17.6 Å². The van der Waals surface area contributed by atoms with E-state index in [4.69, 9.17) is 4.74 Å². The number of anilines is 3. The predicted molar refractivity (Wildman–Crippen MR) is 132 cm³/mol. The Kier molecular flexibility index (Phi) is 4.80. The normalized spacial score (nSPS) is 23.6. The Morgan fingerprint density at radius 2 is 2.11 bits per heavy atom. The number of nitrogens with one attached hydrogen (secondary N) is 3. The summed E-state index contributed by atoms with van der Waals surface area (Å²) < 4.78 is 37.4. The lowest BCUT2D eigenvalue weighted by atomic mass is 9.98. The number of hydrogen-bond acceptors (Lipinski definition) is 7. The quantitative estimate of drug-likeness (QED) is 0.312. The molecular formula is C25H22F2N6O2S. The van der Waals surface area contributed by atoms with Crippen LogP contribution in [0.3, 0.4) is 0 Å². The van der Waals surface area contributed by atoms with Crippen LogP contribution in [0.15, 0.2) is 41.6 Å². The predicted octanol–water partition coefficient (Wildman–Crippen LogP) is 5.13. The molecule has 1 saturated heterocycles. The molecule has 3 N–H and O–H groups in total. The maximum absolute atomic E-state index is 15.6. The van der Waals surface area contributed by atoms with Gasteiger partial charge in [-0.15, -0.1) is 11.3 Å². The molecule has 0 radical (unpaired) electrons. The molecule has 184 valence electrons. The van der Waals surface area contributed by atoms with Crippen molar-refractivity contribution in [1.82, 2.24) is 19.7 Å². The van der Waals surface area contributed by atoms with Crippen molar-refractivity contribution in [1.29, 1.82) is 0 Å². The minimum atomic E-state index is -0.795. The minimum Gasteiger partial charge on any atom is -0.353 e. The van der Waals surface area contributed by atoms with Crippen molar-refractivity contribution in [2.24, 2.45) is 7.05 Å². The summed E-state index contributed by atoms with van der Waals surface area (Å²) in [5, 5.41) is 12.2. The highest BCUT2D eigenvalue weighted by atomic mass is 32.1. The number of nitrogens with zero attached hydrogens (tertiary/aromatic N) is 3. The molecule has 8 nitrogen and oxygen atoms in total. The van der Waals surface area contributed by atoms with Crippen molar-refractivity contribution in [3.63, 3.8) is 0 Å². The first-order valence-corrected chi connectivity index (χ1v) is 12.7. The van der Waals surface area contributed by atoms with Crippen LogP contribution in [0.5, 0.6) is 0 Å². The Morgan fingerprint density at radius 3 is 2.92 bits per heavy atom. The lowest BCUT2D eigenvalue weighted by Gasteiger charge is -2.12. The zero-order valence-corrected chi connectivity index (χ0v) is 20.0. The van der Waals surface area contributed by atoms with Gasteiger partial charge in [0.2, 0.25) is 0 Å². The molecule has 1 aromatic carbocycles. The molecule has 4 heterocycles. The monoisotopic (exact) mass is 508 g/mol. The third-order valence-electron chi connectivity index (χ3n) is 7.31. The van der Waals surface area contributed by atoms with E-state index in [0.29, 0.717) is 17.5 Å². The lowest BCUT2D eigenvalue weighted by Crippen LogP contribution is -2.21. The maximum Gasteiger partial charge on any atom is 0.293 e. The third-order valence-corrected chi connectivity index (χ3v) is 8.69. The van der Waals surface area contributed by atoms with Crippen molar-refractivity contribution in [3.8, 4) is 11.3 Å². The molecule has 2 fully saturated rings. The number of halogens is 2. The fourth-order valence-corrected chi connectivity index (χ4v) is 6.92. The summed E-state index contributed by atoms with van der Waals surface area (Å²) in [6.07, 6.45) is 7.52. The summed E-state index contributed by atoms with van der Waals surface area (Å²) in [7, 11) is 1.54. The van der Waals surface area contributed by atoms with E-state index < -0.39 is 23.4 Å². The molecular weight excluding hydrogens is 486 g/mol. The van der Waals surface area contributed by atoms with Crippen LogP contribution in [0.4, 0.5) is 26.0 Å². The summed E-state index contributed by atoms with van der Waals surface area (Å²) in [6, 6.07) is 4.73. The van der Waals surface area contributed by atoms with Crippen LogP contribution in [-0.4, -0.2) is 26.0 Å². The Balaban J connectivity index is 1.16. The molecule has 36 heavy (non-hydrogen) atoms. The van der Waals surface area contributed by atoms with Gasteiger partial charge in [-0.05, 0) is 54.9 Å². The summed E-state index contributed by atoms with van der Waals surface area (Å²) in [6.45, 7) is 0. The summed E-state index contributed by atoms with van der Waals surface area (Å²) in [4.78, 5) is 19.4. The molecule has 1 aliphatic heterocycles. The number of benzene rings is 1. The zero-order valence-electron chi connectivity index (χ0n) is 19.2. The maximum atomic E-state index is 15.6. The number of aryl methyl sites for hydroxylation is 1. The Bertz CT molecular complexity index is 1520. The molecule has 0 amide bonds. The summed E-state index contributed by atoms with van der Waals surface area (Å²) >= 11 is 1.78. The lowest BCUT2D eigenvalue weighted by molar-refractivity contribution is 0.387. The number of H-pyrrole nitrogens is 1. The first-order valence-electron chi connectivity index (χ1n) is 11.8. The first-order chi connectivity index (χ1) is 17.5. The number of ether oxygens (including phenoxy) is 1. The SMILES string of the molecule is Cn1cc(-c2ccc(F)c(NC3OC3c3cc4c(s3)C3CCC4C3)c2F)nc(Nc2cn[nH]c2)c1=O. The highest BCUT2D eigenvalue weighted by Gasteiger charge is 2.46. The van der Waals surface area contributed by atoms with Gasteiger partial charge >= 0.3 is 0 Å². The van der Waals surface area contributed by atoms with Crippen LogP contribution in [0.2, 0.25) is 0 Å². The van der Waals surface area contributed by atoms with Crippen molar-refractivity contribution in [2.75, 3.05) is 10.6 Å². The Labute approximate surface area is 208 Å². The van der Waals surface area contributed by atoms with Crippen LogP contribution in [0.1, 0.15) is 52.5 Å². The zero-order chi connectivity index (χ0) is 24.6. The second-order valence-corrected chi connectivity index (χ2v) is 10.7. The fourth-order valence-electron chi connectivity index (χ4n) is 5.46. The van der Waals surface area contributed by atoms with E-state index in [0.717, 1.165) is 4.88 Å². The molecule has 4 atom stereocenters. The van der Waals surface area contributed by atoms with Gasteiger partial charge in [-0.2, -0.15) is 5.10 Å². The van der Waals surface area contributed by atoms with Gasteiger partial charge in [0.1, 0.15) is 17.6 Å². The van der Waals surface area contributed by atoms with E-state index in [-0.39, 0.29) is 28.9 Å². The van der Waals surface area contributed by atoms with Crippen LogP contribution >= 0.6 is 11.3 Å². The van der Waals surface area contributed by atoms with Gasteiger partial charge in [0.15, 0.2) is 17.9 Å². The number of epoxide rings is 1. The van der Waals surface area contributed by atoms with Crippen molar-refractivity contribution in [3.05, 3.63) is 74.1 Å². The van der Waals surface area contributed by atoms with Gasteiger partial charge in [-0.3, -0.25) is 9.89 Å². The minimum absolute atomic E-state index is 0.0000599. The number of thiophene rings is 1. The van der Waals surface area contributed by atoms with Crippen molar-refractivity contribution in [2.45, 2.75) is 43.4 Å². The van der Waals surface area contributed by atoms with E-state index in [1.165, 1.54) is 58.8 Å². The Hall–Kier alpha value is -3.57. The molecule has 2 aliphatic carbocycles. The largest absolute Gasteiger partial charge is 0.353 e. The smallest absolute Gasteiger partial charge is 0.293 e. The standard InChI is InChI=1S/C25H22F2N6O2S/c1-33-10-17(31-23(25(33)34)30-13-8-28-29-9-13)14-4-5-16(26)20(19(14)27)32-24-21(35-24)18-7-15-11-2-3-12(6-11)22(15)36-18/h4-5,7-12,21,24,32H,2-3,6H2,1H3,(H,28,29)(H,30,31). The van der Waals surface area contributed by atoms with Gasteiger partial charge in [0, 0.05) is 34.8 Å². The van der Waals surface area contributed by atoms with E-state index in [2.05, 4.69) is 31.9 Å². The molecule has 3 aliphatic rings. The fraction of sp³-hybridized carbons (Fsp3) is 0.320. The van der Waals surface area contributed by atoms with Crippen LogP contribution in [0, 0.1) is 11.6 Å². The molecule has 4 unspecified atom stereocenters.